The Hall–Kier alpha value is -2.31. The Morgan fingerprint density at radius 1 is 1.10 bits per heavy atom. The summed E-state index contributed by atoms with van der Waals surface area (Å²) in [6.07, 6.45) is 1.00. The first-order chi connectivity index (χ1) is 9.76. The van der Waals surface area contributed by atoms with Gasteiger partial charge in [-0.1, -0.05) is 25.1 Å². The van der Waals surface area contributed by atoms with Gasteiger partial charge in [-0.3, -0.25) is 0 Å². The van der Waals surface area contributed by atoms with Crippen molar-refractivity contribution in [3.8, 4) is 17.6 Å². The fourth-order valence-electron chi connectivity index (χ4n) is 1.99. The monoisotopic (exact) mass is 266 g/mol. The van der Waals surface area contributed by atoms with Crippen molar-refractivity contribution < 1.29 is 4.74 Å². The van der Waals surface area contributed by atoms with E-state index in [4.69, 9.17) is 4.74 Å². The highest BCUT2D eigenvalue weighted by atomic mass is 16.5. The second kappa shape index (κ2) is 6.74. The van der Waals surface area contributed by atoms with E-state index in [-0.39, 0.29) is 0 Å². The fourth-order valence-corrected chi connectivity index (χ4v) is 1.99. The normalized spacial score (nSPS) is 10.1. The van der Waals surface area contributed by atoms with E-state index in [1.165, 1.54) is 5.56 Å². The van der Waals surface area contributed by atoms with Crippen molar-refractivity contribution in [3.05, 3.63) is 59.2 Å². The van der Waals surface area contributed by atoms with Crippen molar-refractivity contribution >= 4 is 0 Å². The molecule has 0 atom stereocenters. The van der Waals surface area contributed by atoms with E-state index in [0.717, 1.165) is 24.3 Å². The van der Waals surface area contributed by atoms with Gasteiger partial charge in [0.2, 0.25) is 0 Å². The van der Waals surface area contributed by atoms with Crippen LogP contribution in [0, 0.1) is 11.3 Å². The van der Waals surface area contributed by atoms with Crippen LogP contribution in [0.15, 0.2) is 42.5 Å². The van der Waals surface area contributed by atoms with E-state index in [2.05, 4.69) is 18.3 Å². The molecule has 0 heterocycles. The summed E-state index contributed by atoms with van der Waals surface area (Å²) in [6, 6.07) is 15.8. The molecule has 3 heteroatoms. The zero-order valence-corrected chi connectivity index (χ0v) is 11.8. The molecule has 1 N–H and O–H groups in total. The van der Waals surface area contributed by atoms with Crippen molar-refractivity contribution in [3.63, 3.8) is 0 Å². The summed E-state index contributed by atoms with van der Waals surface area (Å²) < 4.78 is 5.79. The van der Waals surface area contributed by atoms with Gasteiger partial charge in [0.1, 0.15) is 17.6 Å². The van der Waals surface area contributed by atoms with Gasteiger partial charge in [-0.15, -0.1) is 0 Å². The molecule has 0 aromatic heterocycles. The molecule has 0 amide bonds. The van der Waals surface area contributed by atoms with E-state index in [1.54, 1.807) is 0 Å². The first kappa shape index (κ1) is 14.1. The Labute approximate surface area is 119 Å². The highest BCUT2D eigenvalue weighted by molar-refractivity contribution is 5.47. The molecule has 0 aliphatic carbocycles. The number of ether oxygens (including phenoxy) is 1. The summed E-state index contributed by atoms with van der Waals surface area (Å²) in [5.74, 6) is 1.34. The van der Waals surface area contributed by atoms with E-state index in [0.29, 0.717) is 11.3 Å². The molecule has 0 spiro atoms. The first-order valence-electron chi connectivity index (χ1n) is 6.71. The molecule has 0 unspecified atom stereocenters. The summed E-state index contributed by atoms with van der Waals surface area (Å²) in [7, 11) is 1.88. The van der Waals surface area contributed by atoms with Crippen LogP contribution in [0.25, 0.3) is 0 Å². The first-order valence-corrected chi connectivity index (χ1v) is 6.71. The predicted octanol–water partition coefficient (Wildman–Crippen LogP) is 3.63. The summed E-state index contributed by atoms with van der Waals surface area (Å²) in [5, 5.41) is 12.3. The maximum Gasteiger partial charge on any atom is 0.145 e. The molecule has 0 fully saturated rings. The Balaban J connectivity index is 2.21. The molecule has 0 bridgehead atoms. The molecule has 3 nitrogen and oxygen atoms in total. The molecule has 20 heavy (non-hydrogen) atoms. The Morgan fingerprint density at radius 3 is 2.40 bits per heavy atom. The highest BCUT2D eigenvalue weighted by Crippen LogP contribution is 2.26. The Kier molecular flexibility index (Phi) is 4.75. The molecule has 0 aliphatic rings. The van der Waals surface area contributed by atoms with Crippen molar-refractivity contribution in [2.75, 3.05) is 7.05 Å². The average Bonchev–Trinajstić information content (AvgIpc) is 2.50. The van der Waals surface area contributed by atoms with Crippen LogP contribution in [0.5, 0.6) is 11.5 Å². The van der Waals surface area contributed by atoms with Crippen LogP contribution in [0.4, 0.5) is 0 Å². The Morgan fingerprint density at radius 2 is 1.80 bits per heavy atom. The minimum Gasteiger partial charge on any atom is -0.456 e. The fraction of sp³-hybridized carbons (Fsp3) is 0.235. The van der Waals surface area contributed by atoms with Crippen LogP contribution in [-0.2, 0) is 13.0 Å². The number of nitrogens with zero attached hydrogens (tertiary/aromatic N) is 1. The molecule has 2 aromatic rings. The third kappa shape index (κ3) is 3.37. The third-order valence-corrected chi connectivity index (χ3v) is 3.10. The molecule has 2 aromatic carbocycles. The van der Waals surface area contributed by atoms with Crippen molar-refractivity contribution in [2.45, 2.75) is 19.9 Å². The number of benzene rings is 2. The van der Waals surface area contributed by atoms with Crippen LogP contribution in [-0.4, -0.2) is 7.05 Å². The molecule has 2 rings (SSSR count). The molecule has 102 valence electrons. The van der Waals surface area contributed by atoms with Gasteiger partial charge in [0, 0.05) is 6.54 Å². The molecule has 0 aliphatic heterocycles. The maximum absolute atomic E-state index is 9.22. The van der Waals surface area contributed by atoms with Crippen molar-refractivity contribution in [1.82, 2.24) is 5.32 Å². The van der Waals surface area contributed by atoms with Crippen molar-refractivity contribution in [1.29, 1.82) is 5.26 Å². The van der Waals surface area contributed by atoms with Gasteiger partial charge in [0.15, 0.2) is 0 Å². The number of nitriles is 1. The van der Waals surface area contributed by atoms with Crippen LogP contribution in [0.1, 0.15) is 23.6 Å². The van der Waals surface area contributed by atoms with Gasteiger partial charge in [0.05, 0.1) is 5.56 Å². The lowest BCUT2D eigenvalue weighted by molar-refractivity contribution is 0.480. The highest BCUT2D eigenvalue weighted by Gasteiger charge is 2.06. The molecular formula is C17H18N2O. The van der Waals surface area contributed by atoms with E-state index in [1.807, 2.05) is 49.5 Å². The van der Waals surface area contributed by atoms with Gasteiger partial charge in [-0.05, 0) is 48.9 Å². The van der Waals surface area contributed by atoms with E-state index >= 15 is 0 Å². The van der Waals surface area contributed by atoms with Crippen molar-refractivity contribution in [2.24, 2.45) is 0 Å². The average molecular weight is 266 g/mol. The standard InChI is InChI=1S/C17H18N2O/c1-3-13-4-7-16(8-5-13)20-17-9-6-14(12-19-2)10-15(17)11-18/h4-10,19H,3,12H2,1-2H3. The summed E-state index contributed by atoms with van der Waals surface area (Å²) >= 11 is 0. The second-order valence-electron chi connectivity index (χ2n) is 4.57. The lowest BCUT2D eigenvalue weighted by atomic mass is 10.1. The smallest absolute Gasteiger partial charge is 0.145 e. The minimum absolute atomic E-state index is 0.553. The van der Waals surface area contributed by atoms with Gasteiger partial charge in [0.25, 0.3) is 0 Å². The van der Waals surface area contributed by atoms with E-state index < -0.39 is 0 Å². The Bertz CT molecular complexity index is 612. The summed E-state index contributed by atoms with van der Waals surface area (Å²) in [5.41, 5.74) is 2.89. The molecule has 0 saturated carbocycles. The van der Waals surface area contributed by atoms with Crippen LogP contribution in [0.2, 0.25) is 0 Å². The number of rotatable bonds is 5. The SMILES string of the molecule is CCc1ccc(Oc2ccc(CNC)cc2C#N)cc1. The lowest BCUT2D eigenvalue weighted by Gasteiger charge is -2.09. The van der Waals surface area contributed by atoms with Crippen LogP contribution < -0.4 is 10.1 Å². The van der Waals surface area contributed by atoms with E-state index in [9.17, 15) is 5.26 Å². The zero-order chi connectivity index (χ0) is 14.4. The quantitative estimate of drug-likeness (QED) is 0.898. The minimum atomic E-state index is 0.553. The topological polar surface area (TPSA) is 45.0 Å². The number of hydrogen-bond acceptors (Lipinski definition) is 3. The number of hydrogen-bond donors (Lipinski definition) is 1. The largest absolute Gasteiger partial charge is 0.456 e. The summed E-state index contributed by atoms with van der Waals surface area (Å²) in [4.78, 5) is 0. The van der Waals surface area contributed by atoms with Gasteiger partial charge >= 0.3 is 0 Å². The summed E-state index contributed by atoms with van der Waals surface area (Å²) in [6.45, 7) is 2.85. The molecule has 0 saturated heterocycles. The van der Waals surface area contributed by atoms with Gasteiger partial charge < -0.3 is 10.1 Å². The zero-order valence-electron chi connectivity index (χ0n) is 11.8. The molecule has 0 radical (unpaired) electrons. The van der Waals surface area contributed by atoms with Crippen LogP contribution >= 0.6 is 0 Å². The third-order valence-electron chi connectivity index (χ3n) is 3.10. The molecular weight excluding hydrogens is 248 g/mol. The van der Waals surface area contributed by atoms with Gasteiger partial charge in [-0.2, -0.15) is 5.26 Å². The number of nitrogens with one attached hydrogen (secondary N) is 1. The predicted molar refractivity (Wildman–Crippen MR) is 79.8 cm³/mol. The maximum atomic E-state index is 9.22. The van der Waals surface area contributed by atoms with Gasteiger partial charge in [-0.25, -0.2) is 0 Å². The van der Waals surface area contributed by atoms with Crippen LogP contribution in [0.3, 0.4) is 0 Å². The second-order valence-corrected chi connectivity index (χ2v) is 4.57. The lowest BCUT2D eigenvalue weighted by Crippen LogP contribution is -2.05. The number of aryl methyl sites for hydroxylation is 1.